The number of aromatic nitrogens is 2. The Kier molecular flexibility index (Phi) is 4.77. The van der Waals surface area contributed by atoms with Crippen molar-refractivity contribution >= 4 is 23.2 Å². The normalized spacial score (nSPS) is 10.6. The van der Waals surface area contributed by atoms with Crippen molar-refractivity contribution in [2.24, 2.45) is 0 Å². The lowest BCUT2D eigenvalue weighted by Gasteiger charge is -2.09. The summed E-state index contributed by atoms with van der Waals surface area (Å²) in [6, 6.07) is 11.9. The third-order valence-electron chi connectivity index (χ3n) is 3.94. The van der Waals surface area contributed by atoms with E-state index in [1.807, 2.05) is 13.8 Å². The average molecular weight is 370 g/mol. The Bertz CT molecular complexity index is 1100. The van der Waals surface area contributed by atoms with E-state index in [4.69, 9.17) is 11.6 Å². The maximum atomic E-state index is 12.7. The van der Waals surface area contributed by atoms with Gasteiger partial charge in [-0.2, -0.15) is 0 Å². The second kappa shape index (κ2) is 7.01. The lowest BCUT2D eigenvalue weighted by molar-refractivity contribution is 0.102. The summed E-state index contributed by atoms with van der Waals surface area (Å²) in [4.78, 5) is 39.7. The summed E-state index contributed by atoms with van der Waals surface area (Å²) >= 11 is 6.05. The van der Waals surface area contributed by atoms with Crippen LogP contribution in [0, 0.1) is 13.8 Å². The van der Waals surface area contributed by atoms with E-state index in [9.17, 15) is 14.4 Å². The average Bonchev–Trinajstić information content (AvgIpc) is 2.60. The smallest absolute Gasteiger partial charge is 0.322 e. The van der Waals surface area contributed by atoms with Crippen molar-refractivity contribution in [1.82, 2.24) is 9.55 Å². The summed E-state index contributed by atoms with van der Waals surface area (Å²) in [6.45, 7) is 3.74. The Morgan fingerprint density at radius 2 is 1.77 bits per heavy atom. The minimum Gasteiger partial charge on any atom is -0.322 e. The summed E-state index contributed by atoms with van der Waals surface area (Å²) in [7, 11) is 0. The monoisotopic (exact) mass is 369 g/mol. The second-order valence-corrected chi connectivity index (χ2v) is 6.31. The molecule has 3 rings (SSSR count). The molecule has 7 heteroatoms. The van der Waals surface area contributed by atoms with Crippen LogP contribution in [-0.2, 0) is 0 Å². The van der Waals surface area contributed by atoms with Gasteiger partial charge in [0.15, 0.2) is 0 Å². The van der Waals surface area contributed by atoms with Gasteiger partial charge in [0.1, 0.15) is 5.56 Å². The van der Waals surface area contributed by atoms with E-state index in [0.717, 1.165) is 21.9 Å². The number of hydrogen-bond acceptors (Lipinski definition) is 3. The Hall–Kier alpha value is -3.12. The van der Waals surface area contributed by atoms with Crippen LogP contribution in [0.3, 0.4) is 0 Å². The highest BCUT2D eigenvalue weighted by molar-refractivity contribution is 6.31. The summed E-state index contributed by atoms with van der Waals surface area (Å²) in [5, 5.41) is 3.12. The van der Waals surface area contributed by atoms with Crippen molar-refractivity contribution in [3.63, 3.8) is 0 Å². The van der Waals surface area contributed by atoms with E-state index in [0.29, 0.717) is 16.4 Å². The molecule has 0 unspecified atom stereocenters. The predicted molar refractivity (Wildman–Crippen MR) is 102 cm³/mol. The van der Waals surface area contributed by atoms with Gasteiger partial charge in [-0.25, -0.2) is 9.36 Å². The largest absolute Gasteiger partial charge is 0.333 e. The number of carbonyl (C=O) groups is 1. The van der Waals surface area contributed by atoms with Gasteiger partial charge in [-0.15, -0.1) is 0 Å². The summed E-state index contributed by atoms with van der Waals surface area (Å²) in [5.41, 5.74) is 1.20. The van der Waals surface area contributed by atoms with E-state index in [2.05, 4.69) is 10.3 Å². The fourth-order valence-electron chi connectivity index (χ4n) is 2.43. The molecule has 0 atom stereocenters. The van der Waals surface area contributed by atoms with Crippen molar-refractivity contribution in [1.29, 1.82) is 0 Å². The highest BCUT2D eigenvalue weighted by Crippen LogP contribution is 2.20. The summed E-state index contributed by atoms with van der Waals surface area (Å²) in [6.07, 6.45) is 1.11. The number of halogens is 1. The van der Waals surface area contributed by atoms with Crippen molar-refractivity contribution in [3.8, 4) is 5.69 Å². The minimum atomic E-state index is -0.701. The lowest BCUT2D eigenvalue weighted by Crippen LogP contribution is -2.38. The van der Waals surface area contributed by atoms with E-state index in [1.165, 1.54) is 0 Å². The van der Waals surface area contributed by atoms with E-state index < -0.39 is 17.2 Å². The molecule has 2 N–H and O–H groups in total. The third kappa shape index (κ3) is 3.45. The number of H-pyrrole nitrogens is 1. The molecule has 1 heterocycles. The molecule has 26 heavy (non-hydrogen) atoms. The number of aryl methyl sites for hydroxylation is 2. The van der Waals surface area contributed by atoms with E-state index >= 15 is 0 Å². The van der Waals surface area contributed by atoms with Crippen LogP contribution in [0.15, 0.2) is 58.3 Å². The zero-order chi connectivity index (χ0) is 18.8. The minimum absolute atomic E-state index is 0.179. The molecule has 2 aromatic carbocycles. The van der Waals surface area contributed by atoms with Gasteiger partial charge < -0.3 is 10.3 Å². The molecular weight excluding hydrogens is 354 g/mol. The number of aromatic amines is 1. The first-order chi connectivity index (χ1) is 12.4. The highest BCUT2D eigenvalue weighted by atomic mass is 35.5. The maximum absolute atomic E-state index is 12.7. The standard InChI is InChI=1S/C19H16ClN3O3/c1-11-3-7-14(8-4-11)23-18(25)15(10-21-19(23)26)17(24)22-13-6-5-12(2)16(20)9-13/h3-10H,1-2H3,(H,21,26)(H,22,24). The van der Waals surface area contributed by atoms with E-state index in [-0.39, 0.29) is 5.56 Å². The fraction of sp³-hybridized carbons (Fsp3) is 0.105. The van der Waals surface area contributed by atoms with Crippen LogP contribution in [0.25, 0.3) is 5.69 Å². The van der Waals surface area contributed by atoms with Crippen LogP contribution in [0.4, 0.5) is 5.69 Å². The number of amides is 1. The third-order valence-corrected chi connectivity index (χ3v) is 4.35. The molecule has 6 nitrogen and oxygen atoms in total. The van der Waals surface area contributed by atoms with Gasteiger partial charge in [-0.1, -0.05) is 35.4 Å². The zero-order valence-electron chi connectivity index (χ0n) is 14.2. The molecule has 0 aliphatic carbocycles. The quantitative estimate of drug-likeness (QED) is 0.744. The van der Waals surface area contributed by atoms with Crippen molar-refractivity contribution in [2.45, 2.75) is 13.8 Å². The molecule has 0 fully saturated rings. The van der Waals surface area contributed by atoms with Crippen LogP contribution < -0.4 is 16.6 Å². The van der Waals surface area contributed by atoms with Gasteiger partial charge in [0.05, 0.1) is 5.69 Å². The molecule has 1 amide bonds. The maximum Gasteiger partial charge on any atom is 0.333 e. The number of nitrogens with one attached hydrogen (secondary N) is 2. The van der Waals surface area contributed by atoms with Crippen LogP contribution in [0.1, 0.15) is 21.5 Å². The van der Waals surface area contributed by atoms with Gasteiger partial charge >= 0.3 is 5.69 Å². The van der Waals surface area contributed by atoms with Crippen molar-refractivity contribution in [3.05, 3.63) is 91.2 Å². The molecule has 132 valence electrons. The van der Waals surface area contributed by atoms with Crippen LogP contribution >= 0.6 is 11.6 Å². The first-order valence-electron chi connectivity index (χ1n) is 7.86. The van der Waals surface area contributed by atoms with Gasteiger partial charge in [0, 0.05) is 16.9 Å². The molecular formula is C19H16ClN3O3. The van der Waals surface area contributed by atoms with Crippen LogP contribution in [-0.4, -0.2) is 15.5 Å². The number of nitrogens with zero attached hydrogens (tertiary/aromatic N) is 1. The fourth-order valence-corrected chi connectivity index (χ4v) is 2.61. The molecule has 0 saturated heterocycles. The van der Waals surface area contributed by atoms with Crippen molar-refractivity contribution < 1.29 is 4.79 Å². The SMILES string of the molecule is Cc1ccc(-n2c(=O)[nH]cc(C(=O)Nc3ccc(C)c(Cl)c3)c2=O)cc1. The van der Waals surface area contributed by atoms with Crippen molar-refractivity contribution in [2.75, 3.05) is 5.32 Å². The number of carbonyl (C=O) groups excluding carboxylic acids is 1. The topological polar surface area (TPSA) is 84.0 Å². The number of benzene rings is 2. The zero-order valence-corrected chi connectivity index (χ0v) is 14.9. The molecule has 0 saturated carbocycles. The van der Waals surface area contributed by atoms with Gasteiger partial charge in [0.2, 0.25) is 0 Å². The van der Waals surface area contributed by atoms with E-state index in [1.54, 1.807) is 42.5 Å². The number of anilines is 1. The molecule has 1 aromatic heterocycles. The van der Waals surface area contributed by atoms with Crippen LogP contribution in [0.5, 0.6) is 0 Å². The highest BCUT2D eigenvalue weighted by Gasteiger charge is 2.16. The van der Waals surface area contributed by atoms with Gasteiger partial charge in [0.25, 0.3) is 11.5 Å². The Morgan fingerprint density at radius 1 is 1.08 bits per heavy atom. The van der Waals surface area contributed by atoms with Crippen LogP contribution in [0.2, 0.25) is 5.02 Å². The molecule has 0 aliphatic heterocycles. The molecule has 0 spiro atoms. The molecule has 3 aromatic rings. The first kappa shape index (κ1) is 17.7. The Balaban J connectivity index is 2.00. The Labute approximate surface area is 154 Å². The predicted octanol–water partition coefficient (Wildman–Crippen LogP) is 3.05. The molecule has 0 aliphatic rings. The number of rotatable bonds is 3. The molecule has 0 radical (unpaired) electrons. The second-order valence-electron chi connectivity index (χ2n) is 5.90. The first-order valence-corrected chi connectivity index (χ1v) is 8.24. The summed E-state index contributed by atoms with van der Waals surface area (Å²) < 4.78 is 0.927. The Morgan fingerprint density at radius 3 is 2.42 bits per heavy atom. The van der Waals surface area contributed by atoms with Gasteiger partial charge in [-0.3, -0.25) is 9.59 Å². The molecule has 0 bridgehead atoms. The summed E-state index contributed by atoms with van der Waals surface area (Å²) in [5.74, 6) is -0.632. The van der Waals surface area contributed by atoms with Gasteiger partial charge in [-0.05, 0) is 43.7 Å². The number of hydrogen-bond donors (Lipinski definition) is 2. The lowest BCUT2D eigenvalue weighted by atomic mass is 10.2.